The van der Waals surface area contributed by atoms with Crippen LogP contribution in [0.15, 0.2) is 0 Å². The maximum Gasteiger partial charge on any atom is 0.0751 e. The van der Waals surface area contributed by atoms with Gasteiger partial charge in [0.25, 0.3) is 0 Å². The first-order valence-corrected chi connectivity index (χ1v) is 3.06. The van der Waals surface area contributed by atoms with Crippen molar-refractivity contribution in [1.29, 1.82) is 0 Å². The molecule has 1 fully saturated rings. The molecule has 1 aliphatic rings. The Bertz CT molecular complexity index is 89.0. The van der Waals surface area contributed by atoms with Crippen molar-refractivity contribution in [2.75, 3.05) is 13.2 Å². The van der Waals surface area contributed by atoms with Crippen molar-refractivity contribution in [3.05, 3.63) is 0 Å². The van der Waals surface area contributed by atoms with Gasteiger partial charge in [0.2, 0.25) is 0 Å². The molecule has 1 heterocycles. The molecule has 9 heavy (non-hydrogen) atoms. The molecular weight excluding hydrogens is 120 g/mol. The summed E-state index contributed by atoms with van der Waals surface area (Å²) >= 11 is 0. The number of aliphatic hydroxyl groups excluding tert-OH is 1. The Balaban J connectivity index is 2.30. The molecule has 0 aliphatic carbocycles. The molecule has 4 heteroatoms. The Morgan fingerprint density at radius 2 is 2.44 bits per heavy atom. The second-order valence-corrected chi connectivity index (χ2v) is 2.20. The zero-order valence-electron chi connectivity index (χ0n) is 5.21. The van der Waals surface area contributed by atoms with Crippen LogP contribution in [0, 0.1) is 0 Å². The van der Waals surface area contributed by atoms with Crippen LogP contribution in [0.4, 0.5) is 0 Å². The van der Waals surface area contributed by atoms with Gasteiger partial charge in [-0.05, 0) is 6.42 Å². The number of nitrogens with two attached hydrogens (primary N) is 1. The second kappa shape index (κ2) is 3.12. The lowest BCUT2D eigenvalue weighted by atomic mass is 10.1. The van der Waals surface area contributed by atoms with E-state index < -0.39 is 0 Å². The van der Waals surface area contributed by atoms with E-state index in [4.69, 9.17) is 15.7 Å². The molecule has 54 valence electrons. The largest absolute Gasteiger partial charge is 0.391 e. The van der Waals surface area contributed by atoms with Gasteiger partial charge in [-0.25, -0.2) is 0 Å². The minimum absolute atomic E-state index is 0.0845. The number of ether oxygens (including phenoxy) is 1. The Labute approximate surface area is 54.0 Å². The second-order valence-electron chi connectivity index (χ2n) is 2.20. The van der Waals surface area contributed by atoms with Crippen LogP contribution >= 0.6 is 0 Å². The first kappa shape index (κ1) is 6.95. The van der Waals surface area contributed by atoms with Crippen molar-refractivity contribution in [2.24, 2.45) is 5.84 Å². The van der Waals surface area contributed by atoms with Crippen LogP contribution < -0.4 is 11.3 Å². The van der Waals surface area contributed by atoms with Gasteiger partial charge in [-0.15, -0.1) is 0 Å². The Morgan fingerprint density at radius 3 is 2.89 bits per heavy atom. The molecule has 0 spiro atoms. The van der Waals surface area contributed by atoms with E-state index in [-0.39, 0.29) is 12.1 Å². The molecule has 0 radical (unpaired) electrons. The highest BCUT2D eigenvalue weighted by molar-refractivity contribution is 4.76. The van der Waals surface area contributed by atoms with Crippen LogP contribution in [0.3, 0.4) is 0 Å². The Hall–Kier alpha value is -0.160. The molecular formula is C5H12N2O2. The lowest BCUT2D eigenvalue weighted by Crippen LogP contribution is -2.50. The summed E-state index contributed by atoms with van der Waals surface area (Å²) in [6.07, 6.45) is 0.332. The van der Waals surface area contributed by atoms with E-state index >= 15 is 0 Å². The van der Waals surface area contributed by atoms with Crippen LogP contribution in [0.25, 0.3) is 0 Å². The van der Waals surface area contributed by atoms with Gasteiger partial charge in [0.05, 0.1) is 18.8 Å². The molecule has 4 nitrogen and oxygen atoms in total. The molecule has 0 aromatic carbocycles. The first-order chi connectivity index (χ1) is 4.34. The van der Waals surface area contributed by atoms with Crippen molar-refractivity contribution in [1.82, 2.24) is 5.43 Å². The van der Waals surface area contributed by atoms with E-state index in [1.54, 1.807) is 0 Å². The lowest BCUT2D eigenvalue weighted by Gasteiger charge is -2.26. The number of aliphatic hydroxyl groups is 1. The number of rotatable bonds is 1. The topological polar surface area (TPSA) is 67.5 Å². The molecule has 1 aliphatic heterocycles. The van der Waals surface area contributed by atoms with Crippen LogP contribution in [-0.4, -0.2) is 30.5 Å². The maximum atomic E-state index is 9.15. The molecule has 0 bridgehead atoms. The highest BCUT2D eigenvalue weighted by Gasteiger charge is 2.21. The summed E-state index contributed by atoms with van der Waals surface area (Å²) in [6.45, 7) is 1.15. The Morgan fingerprint density at radius 1 is 1.67 bits per heavy atom. The van der Waals surface area contributed by atoms with Gasteiger partial charge >= 0.3 is 0 Å². The normalized spacial score (nSPS) is 36.7. The van der Waals surface area contributed by atoms with Gasteiger partial charge in [0.15, 0.2) is 0 Å². The van der Waals surface area contributed by atoms with Crippen LogP contribution in [0.1, 0.15) is 6.42 Å². The van der Waals surface area contributed by atoms with Crippen molar-refractivity contribution in [3.63, 3.8) is 0 Å². The fraction of sp³-hybridized carbons (Fsp3) is 1.00. The number of hydrazine groups is 1. The molecule has 1 rings (SSSR count). The van der Waals surface area contributed by atoms with Crippen LogP contribution in [0.2, 0.25) is 0 Å². The summed E-state index contributed by atoms with van der Waals surface area (Å²) < 4.78 is 5.04. The lowest BCUT2D eigenvalue weighted by molar-refractivity contribution is -0.0153. The smallest absolute Gasteiger partial charge is 0.0751 e. The van der Waals surface area contributed by atoms with Crippen molar-refractivity contribution in [3.8, 4) is 0 Å². The summed E-state index contributed by atoms with van der Waals surface area (Å²) in [6, 6.07) is -0.0845. The summed E-state index contributed by atoms with van der Waals surface area (Å²) in [5.41, 5.74) is 2.48. The fourth-order valence-electron chi connectivity index (χ4n) is 0.886. The summed E-state index contributed by atoms with van der Waals surface area (Å²) in [5, 5.41) is 9.15. The van der Waals surface area contributed by atoms with E-state index in [2.05, 4.69) is 5.43 Å². The average molecular weight is 132 g/mol. The first-order valence-electron chi connectivity index (χ1n) is 3.06. The third-order valence-electron chi connectivity index (χ3n) is 1.53. The van der Waals surface area contributed by atoms with Crippen molar-refractivity contribution in [2.45, 2.75) is 18.6 Å². The third-order valence-corrected chi connectivity index (χ3v) is 1.53. The quantitative estimate of drug-likeness (QED) is 0.303. The van der Waals surface area contributed by atoms with Gasteiger partial charge in [0, 0.05) is 6.61 Å². The molecule has 0 unspecified atom stereocenters. The highest BCUT2D eigenvalue weighted by Crippen LogP contribution is 2.05. The zero-order valence-corrected chi connectivity index (χ0v) is 5.21. The van der Waals surface area contributed by atoms with Gasteiger partial charge < -0.3 is 9.84 Å². The Kier molecular flexibility index (Phi) is 2.41. The monoisotopic (exact) mass is 132 g/mol. The van der Waals surface area contributed by atoms with E-state index in [1.165, 1.54) is 0 Å². The number of nitrogens with one attached hydrogen (secondary N) is 1. The predicted octanol–water partition coefficient (Wildman–Crippen LogP) is -1.40. The van der Waals surface area contributed by atoms with Gasteiger partial charge in [0.1, 0.15) is 0 Å². The van der Waals surface area contributed by atoms with Crippen molar-refractivity contribution < 1.29 is 9.84 Å². The standard InChI is InChI=1S/C5H12N2O2/c6-7-4-3-9-2-1-5(4)8/h4-5,7-8H,1-3,6H2/t4-,5-/m1/s1. The predicted molar refractivity (Wildman–Crippen MR) is 32.6 cm³/mol. The summed E-state index contributed by atoms with van der Waals surface area (Å²) in [7, 11) is 0. The minimum Gasteiger partial charge on any atom is -0.391 e. The third kappa shape index (κ3) is 1.62. The van der Waals surface area contributed by atoms with Crippen LogP contribution in [-0.2, 0) is 4.74 Å². The molecule has 0 saturated carbocycles. The highest BCUT2D eigenvalue weighted by atomic mass is 16.5. The van der Waals surface area contributed by atoms with E-state index in [0.717, 1.165) is 0 Å². The number of hydrogen-bond acceptors (Lipinski definition) is 4. The van der Waals surface area contributed by atoms with Crippen LogP contribution in [0.5, 0.6) is 0 Å². The van der Waals surface area contributed by atoms with Gasteiger partial charge in [-0.3, -0.25) is 11.3 Å². The molecule has 2 atom stereocenters. The number of hydrogen-bond donors (Lipinski definition) is 3. The van der Waals surface area contributed by atoms with E-state index in [1.807, 2.05) is 0 Å². The van der Waals surface area contributed by atoms with E-state index in [9.17, 15) is 0 Å². The van der Waals surface area contributed by atoms with Gasteiger partial charge in [-0.1, -0.05) is 0 Å². The van der Waals surface area contributed by atoms with Crippen molar-refractivity contribution >= 4 is 0 Å². The average Bonchev–Trinajstić information content (AvgIpc) is 1.89. The fourth-order valence-corrected chi connectivity index (χ4v) is 0.886. The van der Waals surface area contributed by atoms with E-state index in [0.29, 0.717) is 19.6 Å². The summed E-state index contributed by atoms with van der Waals surface area (Å²) in [4.78, 5) is 0. The minimum atomic E-state index is -0.344. The SMILES string of the molecule is NN[C@@H]1COCC[C@H]1O. The maximum absolute atomic E-state index is 9.15. The molecule has 0 aromatic rings. The summed E-state index contributed by atoms with van der Waals surface area (Å²) in [5.74, 6) is 5.10. The molecule has 1 saturated heterocycles. The molecule has 4 N–H and O–H groups in total. The molecule has 0 amide bonds. The molecule has 0 aromatic heterocycles. The van der Waals surface area contributed by atoms with Gasteiger partial charge in [-0.2, -0.15) is 0 Å². The zero-order chi connectivity index (χ0) is 6.69.